The molecule has 4 fully saturated rings. The van der Waals surface area contributed by atoms with Crippen molar-refractivity contribution in [2.45, 2.75) is 84.5 Å². The minimum Gasteiger partial charge on any atom is -0.339 e. The number of ketones is 1. The molecule has 0 aromatic rings. The zero-order chi connectivity index (χ0) is 18.6. The van der Waals surface area contributed by atoms with Gasteiger partial charge in [-0.25, -0.2) is 0 Å². The molecule has 1 heterocycles. The lowest BCUT2D eigenvalue weighted by atomic mass is 9.64. The first-order valence-corrected chi connectivity index (χ1v) is 10.7. The number of nitrogens with zero attached hydrogens (tertiary/aromatic N) is 1. The van der Waals surface area contributed by atoms with Crippen molar-refractivity contribution >= 4 is 27.6 Å². The molecular weight excluding hydrogens is 378 g/mol. The summed E-state index contributed by atoms with van der Waals surface area (Å²) in [6.45, 7) is 14.3. The van der Waals surface area contributed by atoms with E-state index in [-0.39, 0.29) is 32.8 Å². The number of hydrogen-bond acceptors (Lipinski definition) is 2. The van der Waals surface area contributed by atoms with Crippen molar-refractivity contribution in [1.29, 1.82) is 0 Å². The summed E-state index contributed by atoms with van der Waals surface area (Å²) in [6, 6.07) is 0.341. The first-order valence-electron chi connectivity index (χ1n) is 9.79. The van der Waals surface area contributed by atoms with Gasteiger partial charge in [-0.2, -0.15) is 0 Å². The van der Waals surface area contributed by atoms with Gasteiger partial charge in [-0.3, -0.25) is 9.59 Å². The maximum absolute atomic E-state index is 14.0. The lowest BCUT2D eigenvalue weighted by Gasteiger charge is -2.44. The van der Waals surface area contributed by atoms with E-state index in [0.29, 0.717) is 11.5 Å². The lowest BCUT2D eigenvalue weighted by molar-refractivity contribution is -0.148. The largest absolute Gasteiger partial charge is 0.339 e. The van der Waals surface area contributed by atoms with Crippen molar-refractivity contribution in [3.05, 3.63) is 0 Å². The molecule has 4 aliphatic rings. The van der Waals surface area contributed by atoms with Crippen LogP contribution in [-0.4, -0.2) is 34.0 Å². The second-order valence-electron chi connectivity index (χ2n) is 11.3. The molecule has 4 rings (SSSR count). The Labute approximate surface area is 160 Å². The zero-order valence-corrected chi connectivity index (χ0v) is 18.1. The lowest BCUT2D eigenvalue weighted by Crippen LogP contribution is -2.53. The van der Waals surface area contributed by atoms with Gasteiger partial charge >= 0.3 is 0 Å². The van der Waals surface area contributed by atoms with Gasteiger partial charge in [0.25, 0.3) is 0 Å². The van der Waals surface area contributed by atoms with Crippen LogP contribution in [0.2, 0.25) is 0 Å². The molecule has 4 bridgehead atoms. The fourth-order valence-electron chi connectivity index (χ4n) is 7.38. The van der Waals surface area contributed by atoms with Crippen LogP contribution in [0.25, 0.3) is 0 Å². The normalized spacial score (nSPS) is 49.7. The number of fused-ring (bicyclic) bond motifs is 4. The average Bonchev–Trinajstić information content (AvgIpc) is 2.88. The number of carbonyl (C=O) groups is 2. The number of rotatable bonds is 1. The second kappa shape index (κ2) is 4.72. The first kappa shape index (κ1) is 18.0. The monoisotopic (exact) mass is 409 g/mol. The van der Waals surface area contributed by atoms with Crippen molar-refractivity contribution in [1.82, 2.24) is 4.90 Å². The molecule has 140 valence electrons. The molecule has 0 N–H and O–H groups in total. The van der Waals surface area contributed by atoms with Gasteiger partial charge in [0.2, 0.25) is 5.91 Å². The molecule has 1 saturated heterocycles. The maximum atomic E-state index is 14.0. The molecule has 3 aliphatic carbocycles. The standard InChI is InChI=1S/C21H32BrNO2/c1-17(2)9-13-10-19(5,11-17)12-23(13)16(25)21-8-7-20(6,18(21,3)4)15(24)14(21)22/h13-14H,7-12H2,1-6H3. The number of alkyl halides is 1. The number of hydrogen-bond donors (Lipinski definition) is 0. The highest BCUT2D eigenvalue weighted by Gasteiger charge is 2.77. The Morgan fingerprint density at radius 1 is 1.08 bits per heavy atom. The van der Waals surface area contributed by atoms with Crippen LogP contribution in [0, 0.1) is 27.1 Å². The summed E-state index contributed by atoms with van der Waals surface area (Å²) in [5.41, 5.74) is -0.723. The van der Waals surface area contributed by atoms with E-state index in [9.17, 15) is 9.59 Å². The van der Waals surface area contributed by atoms with E-state index >= 15 is 0 Å². The molecule has 5 atom stereocenters. The minimum absolute atomic E-state index is 0.231. The highest BCUT2D eigenvalue weighted by Crippen LogP contribution is 2.73. The van der Waals surface area contributed by atoms with E-state index in [1.165, 1.54) is 6.42 Å². The summed E-state index contributed by atoms with van der Waals surface area (Å²) in [5, 5.41) is 0. The van der Waals surface area contributed by atoms with Crippen LogP contribution < -0.4 is 0 Å². The van der Waals surface area contributed by atoms with E-state index in [2.05, 4.69) is 62.4 Å². The van der Waals surface area contributed by atoms with Crippen molar-refractivity contribution in [2.24, 2.45) is 27.1 Å². The Morgan fingerprint density at radius 3 is 2.28 bits per heavy atom. The van der Waals surface area contributed by atoms with Crippen molar-refractivity contribution in [2.75, 3.05) is 6.54 Å². The van der Waals surface area contributed by atoms with Gasteiger partial charge in [-0.15, -0.1) is 0 Å². The fourth-order valence-corrected chi connectivity index (χ4v) is 8.88. The molecule has 0 spiro atoms. The predicted molar refractivity (Wildman–Crippen MR) is 103 cm³/mol. The van der Waals surface area contributed by atoms with Crippen LogP contribution >= 0.6 is 15.9 Å². The SMILES string of the molecule is CC1(C)CC2CC(C)(CN2C(=O)C23CCC(C)(C(=O)C2Br)C3(C)C)C1. The Balaban J connectivity index is 1.74. The zero-order valence-electron chi connectivity index (χ0n) is 16.5. The van der Waals surface area contributed by atoms with Gasteiger partial charge in [-0.1, -0.05) is 57.5 Å². The van der Waals surface area contributed by atoms with Gasteiger partial charge in [0.1, 0.15) is 0 Å². The molecule has 1 aliphatic heterocycles. The second-order valence-corrected chi connectivity index (χ2v) is 12.2. The highest BCUT2D eigenvalue weighted by atomic mass is 79.9. The Hall–Kier alpha value is -0.380. The average molecular weight is 410 g/mol. The third-order valence-corrected chi connectivity index (χ3v) is 9.98. The smallest absolute Gasteiger partial charge is 0.231 e. The van der Waals surface area contributed by atoms with E-state index < -0.39 is 5.41 Å². The Morgan fingerprint density at radius 2 is 1.72 bits per heavy atom. The molecule has 1 amide bonds. The van der Waals surface area contributed by atoms with Crippen LogP contribution in [0.15, 0.2) is 0 Å². The van der Waals surface area contributed by atoms with Crippen molar-refractivity contribution in [3.63, 3.8) is 0 Å². The third kappa shape index (κ3) is 1.93. The molecular formula is C21H32BrNO2. The van der Waals surface area contributed by atoms with E-state index in [1.807, 2.05) is 0 Å². The van der Waals surface area contributed by atoms with Gasteiger partial charge < -0.3 is 4.90 Å². The van der Waals surface area contributed by atoms with Gasteiger partial charge in [0.05, 0.1) is 10.2 Å². The molecule has 3 saturated carbocycles. The van der Waals surface area contributed by atoms with Crippen molar-refractivity contribution < 1.29 is 9.59 Å². The van der Waals surface area contributed by atoms with Crippen LogP contribution in [0.3, 0.4) is 0 Å². The molecule has 0 aromatic carbocycles. The minimum atomic E-state index is -0.573. The highest BCUT2D eigenvalue weighted by molar-refractivity contribution is 9.10. The fraction of sp³-hybridized carbons (Fsp3) is 0.905. The topological polar surface area (TPSA) is 37.4 Å². The summed E-state index contributed by atoms with van der Waals surface area (Å²) in [4.78, 5) is 28.8. The number of carbonyl (C=O) groups excluding carboxylic acids is 2. The molecule has 0 aromatic heterocycles. The van der Waals surface area contributed by atoms with Crippen LogP contribution in [0.1, 0.15) is 73.6 Å². The molecule has 3 nitrogen and oxygen atoms in total. The predicted octanol–water partition coefficient (Wildman–Crippen LogP) is 4.57. The number of Topliss-reactive ketones (excluding diaryl/α,β-unsaturated/α-hetero) is 1. The third-order valence-electron chi connectivity index (χ3n) is 8.78. The summed E-state index contributed by atoms with van der Waals surface area (Å²) in [5.74, 6) is 0.492. The van der Waals surface area contributed by atoms with E-state index in [0.717, 1.165) is 32.2 Å². The molecule has 0 radical (unpaired) electrons. The van der Waals surface area contributed by atoms with Gasteiger partial charge in [0.15, 0.2) is 5.78 Å². The summed E-state index contributed by atoms with van der Waals surface area (Å²) in [7, 11) is 0. The summed E-state index contributed by atoms with van der Waals surface area (Å²) >= 11 is 3.69. The molecule has 5 unspecified atom stereocenters. The number of likely N-dealkylation sites (tertiary alicyclic amines) is 1. The van der Waals surface area contributed by atoms with Crippen LogP contribution in [0.5, 0.6) is 0 Å². The Bertz CT molecular complexity index is 671. The number of amides is 1. The quantitative estimate of drug-likeness (QED) is 0.594. The van der Waals surface area contributed by atoms with E-state index in [1.54, 1.807) is 0 Å². The van der Waals surface area contributed by atoms with E-state index in [4.69, 9.17) is 0 Å². The van der Waals surface area contributed by atoms with Crippen LogP contribution in [0.4, 0.5) is 0 Å². The number of halogens is 1. The first-order chi connectivity index (χ1) is 11.3. The van der Waals surface area contributed by atoms with Crippen molar-refractivity contribution in [3.8, 4) is 0 Å². The summed E-state index contributed by atoms with van der Waals surface area (Å²) in [6.07, 6.45) is 5.07. The molecule has 25 heavy (non-hydrogen) atoms. The van der Waals surface area contributed by atoms with Gasteiger partial charge in [-0.05, 0) is 48.3 Å². The van der Waals surface area contributed by atoms with Gasteiger partial charge in [0, 0.05) is 18.0 Å². The van der Waals surface area contributed by atoms with Crippen LogP contribution in [-0.2, 0) is 9.59 Å². The molecule has 4 heteroatoms. The summed E-state index contributed by atoms with van der Waals surface area (Å²) < 4.78 is 0. The Kier molecular flexibility index (Phi) is 3.40. The maximum Gasteiger partial charge on any atom is 0.231 e.